The van der Waals surface area contributed by atoms with Gasteiger partial charge >= 0.3 is 5.97 Å². The van der Waals surface area contributed by atoms with Crippen molar-refractivity contribution in [2.75, 3.05) is 0 Å². The van der Waals surface area contributed by atoms with Crippen LogP contribution in [0.4, 0.5) is 4.39 Å². The number of hydrogen-bond donors (Lipinski definition) is 0. The van der Waals surface area contributed by atoms with Crippen LogP contribution in [0.25, 0.3) is 16.5 Å². The van der Waals surface area contributed by atoms with Crippen molar-refractivity contribution in [2.45, 2.75) is 6.61 Å². The Morgan fingerprint density at radius 3 is 2.28 bits per heavy atom. The molecule has 0 aliphatic rings. The molecule has 0 atom stereocenters. The summed E-state index contributed by atoms with van der Waals surface area (Å²) in [4.78, 5) is 25.7. The van der Waals surface area contributed by atoms with Crippen LogP contribution >= 0.6 is 11.6 Å². The number of rotatable bonds is 4. The molecule has 144 valence electrons. The third kappa shape index (κ3) is 3.91. The zero-order chi connectivity index (χ0) is 20.4. The van der Waals surface area contributed by atoms with E-state index in [0.717, 1.165) is 5.56 Å². The molecule has 0 unspecified atom stereocenters. The van der Waals surface area contributed by atoms with Gasteiger partial charge in [0.1, 0.15) is 12.4 Å². The van der Waals surface area contributed by atoms with E-state index < -0.39 is 11.8 Å². The summed E-state index contributed by atoms with van der Waals surface area (Å²) in [5, 5.41) is 1.46. The standard InChI is InChI=1S/C23H15ClFNO3/c24-16-7-5-15(6-8-16)14-29-23(28)21-13-26(18-11-9-17(25)10-12-18)22(27)20-4-2-1-3-19(20)21/h1-13H,14H2. The number of ether oxygens (including phenoxy) is 1. The first-order chi connectivity index (χ1) is 14.0. The number of carbonyl (C=O) groups excluding carboxylic acids is 1. The SMILES string of the molecule is O=C(OCc1ccc(Cl)cc1)c1cn(-c2ccc(F)cc2)c(=O)c2ccccc12. The highest BCUT2D eigenvalue weighted by Crippen LogP contribution is 2.20. The average Bonchev–Trinajstić information content (AvgIpc) is 2.74. The Kier molecular flexibility index (Phi) is 5.14. The molecule has 1 heterocycles. The zero-order valence-electron chi connectivity index (χ0n) is 15.1. The molecule has 0 saturated carbocycles. The van der Waals surface area contributed by atoms with Crippen molar-refractivity contribution in [3.63, 3.8) is 0 Å². The Bertz CT molecular complexity index is 1250. The second kappa shape index (κ2) is 7.89. The van der Waals surface area contributed by atoms with Crippen LogP contribution in [0.2, 0.25) is 5.02 Å². The van der Waals surface area contributed by atoms with Crippen molar-refractivity contribution in [1.29, 1.82) is 0 Å². The lowest BCUT2D eigenvalue weighted by molar-refractivity contribution is 0.0474. The highest BCUT2D eigenvalue weighted by molar-refractivity contribution is 6.30. The zero-order valence-corrected chi connectivity index (χ0v) is 15.9. The molecule has 0 amide bonds. The quantitative estimate of drug-likeness (QED) is 0.440. The molecule has 0 fully saturated rings. The molecular formula is C23H15ClFNO3. The molecule has 0 bridgehead atoms. The fourth-order valence-corrected chi connectivity index (χ4v) is 3.18. The van der Waals surface area contributed by atoms with Crippen LogP contribution in [-0.2, 0) is 11.3 Å². The molecule has 0 N–H and O–H groups in total. The van der Waals surface area contributed by atoms with Crippen molar-refractivity contribution in [3.05, 3.63) is 111 Å². The van der Waals surface area contributed by atoms with Crippen LogP contribution in [0, 0.1) is 5.82 Å². The van der Waals surface area contributed by atoms with Gasteiger partial charge in [-0.15, -0.1) is 0 Å². The lowest BCUT2D eigenvalue weighted by atomic mass is 10.1. The Balaban J connectivity index is 1.75. The number of benzene rings is 3. The number of nitrogens with zero attached hydrogens (tertiary/aromatic N) is 1. The minimum atomic E-state index is -0.563. The van der Waals surface area contributed by atoms with Gasteiger partial charge in [-0.3, -0.25) is 9.36 Å². The molecule has 0 aliphatic carbocycles. The summed E-state index contributed by atoms with van der Waals surface area (Å²) >= 11 is 5.87. The van der Waals surface area contributed by atoms with Crippen molar-refractivity contribution in [3.8, 4) is 5.69 Å². The van der Waals surface area contributed by atoms with Gasteiger partial charge in [0.25, 0.3) is 5.56 Å². The number of aromatic nitrogens is 1. The topological polar surface area (TPSA) is 48.3 Å². The van der Waals surface area contributed by atoms with Crippen molar-refractivity contribution >= 4 is 28.3 Å². The van der Waals surface area contributed by atoms with E-state index in [-0.39, 0.29) is 17.7 Å². The molecule has 6 heteroatoms. The van der Waals surface area contributed by atoms with Gasteiger partial charge in [0.05, 0.1) is 5.56 Å². The minimum Gasteiger partial charge on any atom is -0.457 e. The number of carbonyl (C=O) groups is 1. The van der Waals surface area contributed by atoms with Gasteiger partial charge in [-0.05, 0) is 48.0 Å². The van der Waals surface area contributed by atoms with E-state index in [1.54, 1.807) is 48.5 Å². The third-order valence-electron chi connectivity index (χ3n) is 4.53. The summed E-state index contributed by atoms with van der Waals surface area (Å²) in [5.41, 5.74) is 1.19. The summed E-state index contributed by atoms with van der Waals surface area (Å²) in [7, 11) is 0. The van der Waals surface area contributed by atoms with Crippen LogP contribution in [-0.4, -0.2) is 10.5 Å². The highest BCUT2D eigenvalue weighted by Gasteiger charge is 2.17. The molecule has 0 aliphatic heterocycles. The van der Waals surface area contributed by atoms with E-state index in [1.807, 2.05) is 0 Å². The molecule has 0 radical (unpaired) electrons. The number of esters is 1. The Morgan fingerprint density at radius 1 is 0.931 bits per heavy atom. The molecule has 4 rings (SSSR count). The van der Waals surface area contributed by atoms with E-state index in [9.17, 15) is 14.0 Å². The highest BCUT2D eigenvalue weighted by atomic mass is 35.5. The van der Waals surface area contributed by atoms with Crippen LogP contribution < -0.4 is 5.56 Å². The smallest absolute Gasteiger partial charge is 0.340 e. The predicted molar refractivity (Wildman–Crippen MR) is 110 cm³/mol. The maximum atomic E-state index is 13.3. The predicted octanol–water partition coefficient (Wildman–Crippen LogP) is 5.14. The van der Waals surface area contributed by atoms with E-state index >= 15 is 0 Å². The summed E-state index contributed by atoms with van der Waals surface area (Å²) in [6.45, 7) is 0.0694. The first-order valence-corrected chi connectivity index (χ1v) is 9.22. The fraction of sp³-hybridized carbons (Fsp3) is 0.0435. The molecule has 1 aromatic heterocycles. The van der Waals surface area contributed by atoms with Gasteiger partial charge in [0, 0.05) is 27.7 Å². The van der Waals surface area contributed by atoms with Gasteiger partial charge in [0.15, 0.2) is 0 Å². The summed E-state index contributed by atoms with van der Waals surface area (Å²) in [6.07, 6.45) is 1.43. The molecule has 4 aromatic rings. The third-order valence-corrected chi connectivity index (χ3v) is 4.78. The maximum absolute atomic E-state index is 13.3. The van der Waals surface area contributed by atoms with Gasteiger partial charge < -0.3 is 4.74 Å². The van der Waals surface area contributed by atoms with E-state index in [0.29, 0.717) is 21.5 Å². The van der Waals surface area contributed by atoms with Gasteiger partial charge in [-0.25, -0.2) is 9.18 Å². The van der Waals surface area contributed by atoms with E-state index in [4.69, 9.17) is 16.3 Å². The van der Waals surface area contributed by atoms with Crippen LogP contribution in [0.3, 0.4) is 0 Å². The van der Waals surface area contributed by atoms with Gasteiger partial charge in [-0.1, -0.05) is 41.9 Å². The average molecular weight is 408 g/mol. The lowest BCUT2D eigenvalue weighted by Crippen LogP contribution is -2.21. The van der Waals surface area contributed by atoms with Crippen molar-refractivity contribution in [2.24, 2.45) is 0 Å². The normalized spacial score (nSPS) is 10.8. The molecule has 0 saturated heterocycles. The second-order valence-electron chi connectivity index (χ2n) is 6.44. The van der Waals surface area contributed by atoms with E-state index in [2.05, 4.69) is 0 Å². The van der Waals surface area contributed by atoms with Crippen molar-refractivity contribution < 1.29 is 13.9 Å². The second-order valence-corrected chi connectivity index (χ2v) is 6.88. The van der Waals surface area contributed by atoms with Crippen molar-refractivity contribution in [1.82, 2.24) is 4.57 Å². The van der Waals surface area contributed by atoms with Crippen LogP contribution in [0.5, 0.6) is 0 Å². The van der Waals surface area contributed by atoms with Gasteiger partial charge in [0.2, 0.25) is 0 Å². The molecule has 29 heavy (non-hydrogen) atoms. The number of halogens is 2. The molecular weight excluding hydrogens is 393 g/mol. The summed E-state index contributed by atoms with van der Waals surface area (Å²) in [6, 6.07) is 19.3. The van der Waals surface area contributed by atoms with Crippen LogP contribution in [0.1, 0.15) is 15.9 Å². The van der Waals surface area contributed by atoms with E-state index in [1.165, 1.54) is 35.0 Å². The first-order valence-electron chi connectivity index (χ1n) is 8.85. The first kappa shape index (κ1) is 18.9. The number of pyridine rings is 1. The molecule has 3 aromatic carbocycles. The Labute approximate surface area is 170 Å². The summed E-state index contributed by atoms with van der Waals surface area (Å²) in [5.74, 6) is -0.975. The largest absolute Gasteiger partial charge is 0.457 e. The molecule has 4 nitrogen and oxygen atoms in total. The number of fused-ring (bicyclic) bond motifs is 1. The maximum Gasteiger partial charge on any atom is 0.340 e. The molecule has 0 spiro atoms. The number of hydrogen-bond acceptors (Lipinski definition) is 3. The summed E-state index contributed by atoms with van der Waals surface area (Å²) < 4.78 is 20.1. The van der Waals surface area contributed by atoms with Crippen LogP contribution in [0.15, 0.2) is 83.8 Å². The lowest BCUT2D eigenvalue weighted by Gasteiger charge is -2.12. The minimum absolute atomic E-state index is 0.0694. The Morgan fingerprint density at radius 2 is 1.59 bits per heavy atom. The monoisotopic (exact) mass is 407 g/mol. The van der Waals surface area contributed by atoms with Gasteiger partial charge in [-0.2, -0.15) is 0 Å². The fourth-order valence-electron chi connectivity index (χ4n) is 3.05. The Hall–Kier alpha value is -3.44.